The summed E-state index contributed by atoms with van der Waals surface area (Å²) >= 11 is 0. The van der Waals surface area contributed by atoms with Crippen LogP contribution in [0.1, 0.15) is 33.8 Å². The van der Waals surface area contributed by atoms with Gasteiger partial charge in [-0.25, -0.2) is 4.98 Å². The van der Waals surface area contributed by atoms with Gasteiger partial charge in [-0.3, -0.25) is 20.4 Å². The van der Waals surface area contributed by atoms with Crippen LogP contribution < -0.4 is 15.6 Å². The van der Waals surface area contributed by atoms with E-state index in [-0.39, 0.29) is 18.7 Å². The molecule has 0 saturated heterocycles. The SMILES string of the molecule is Cc1oc(-c2cccc(-c3ccccc3)c2)nc1CCOc1ccc(CCC(=O)O)c(C(=O)NNc2ccccc2)c1. The van der Waals surface area contributed by atoms with Gasteiger partial charge >= 0.3 is 5.97 Å². The number of rotatable bonds is 12. The maximum atomic E-state index is 13.0. The number of carboxylic acids is 1. The number of hydrazine groups is 1. The third kappa shape index (κ3) is 7.22. The Balaban J connectivity index is 1.25. The smallest absolute Gasteiger partial charge is 0.303 e. The van der Waals surface area contributed by atoms with E-state index in [0.29, 0.717) is 35.8 Å². The second-order valence-electron chi connectivity index (χ2n) is 9.73. The van der Waals surface area contributed by atoms with Crippen molar-refractivity contribution in [3.63, 3.8) is 0 Å². The fourth-order valence-electron chi connectivity index (χ4n) is 4.55. The Hall–Kier alpha value is -5.37. The highest BCUT2D eigenvalue weighted by Crippen LogP contribution is 2.28. The molecule has 1 amide bonds. The molecule has 0 unspecified atom stereocenters. The molecule has 42 heavy (non-hydrogen) atoms. The van der Waals surface area contributed by atoms with Crippen molar-refractivity contribution in [3.05, 3.63) is 126 Å². The molecular formula is C34H31N3O5. The monoisotopic (exact) mass is 561 g/mol. The number of aromatic nitrogens is 1. The third-order valence-electron chi connectivity index (χ3n) is 6.75. The van der Waals surface area contributed by atoms with Crippen molar-refractivity contribution in [3.8, 4) is 28.3 Å². The number of carboxylic acid groups (broad SMARTS) is 1. The van der Waals surface area contributed by atoms with Crippen molar-refractivity contribution in [1.29, 1.82) is 0 Å². The van der Waals surface area contributed by atoms with Gasteiger partial charge < -0.3 is 14.3 Å². The van der Waals surface area contributed by atoms with Crippen LogP contribution in [0.15, 0.2) is 108 Å². The molecule has 0 fully saturated rings. The molecule has 0 saturated carbocycles. The molecule has 0 bridgehead atoms. The zero-order valence-electron chi connectivity index (χ0n) is 23.2. The molecule has 5 rings (SSSR count). The van der Waals surface area contributed by atoms with E-state index in [4.69, 9.17) is 19.2 Å². The van der Waals surface area contributed by atoms with Crippen LogP contribution in [-0.2, 0) is 17.6 Å². The molecule has 5 aromatic rings. The number of carbonyl (C=O) groups excluding carboxylic acids is 1. The maximum Gasteiger partial charge on any atom is 0.303 e. The molecule has 3 N–H and O–H groups in total. The van der Waals surface area contributed by atoms with Gasteiger partial charge in [-0.1, -0.05) is 66.7 Å². The Morgan fingerprint density at radius 3 is 2.31 bits per heavy atom. The summed E-state index contributed by atoms with van der Waals surface area (Å²) in [5.41, 5.74) is 11.1. The first kappa shape index (κ1) is 28.2. The molecule has 0 aliphatic carbocycles. The fraction of sp³-hybridized carbons (Fsp3) is 0.147. The minimum Gasteiger partial charge on any atom is -0.493 e. The summed E-state index contributed by atoms with van der Waals surface area (Å²) in [5.74, 6) is 0.441. The Kier molecular flexibility index (Phi) is 8.94. The zero-order valence-corrected chi connectivity index (χ0v) is 23.2. The molecule has 1 heterocycles. The Morgan fingerprint density at radius 1 is 0.833 bits per heavy atom. The highest BCUT2D eigenvalue weighted by molar-refractivity contribution is 5.97. The average Bonchev–Trinajstić information content (AvgIpc) is 3.40. The first-order valence-electron chi connectivity index (χ1n) is 13.7. The molecule has 0 aliphatic rings. The summed E-state index contributed by atoms with van der Waals surface area (Å²) in [6.07, 6.45) is 0.635. The lowest BCUT2D eigenvalue weighted by atomic mass is 10.0. The number of carbonyl (C=O) groups is 2. The predicted molar refractivity (Wildman–Crippen MR) is 161 cm³/mol. The molecule has 8 heteroatoms. The summed E-state index contributed by atoms with van der Waals surface area (Å²) in [6.45, 7) is 2.20. The lowest BCUT2D eigenvalue weighted by Crippen LogP contribution is -2.30. The minimum atomic E-state index is -0.932. The zero-order chi connectivity index (χ0) is 29.3. The van der Waals surface area contributed by atoms with Gasteiger partial charge in [0.2, 0.25) is 5.89 Å². The third-order valence-corrected chi connectivity index (χ3v) is 6.75. The second-order valence-corrected chi connectivity index (χ2v) is 9.73. The molecular weight excluding hydrogens is 530 g/mol. The van der Waals surface area contributed by atoms with Crippen molar-refractivity contribution < 1.29 is 23.8 Å². The van der Waals surface area contributed by atoms with Gasteiger partial charge in [0.05, 0.1) is 18.0 Å². The number of amides is 1. The van der Waals surface area contributed by atoms with E-state index >= 15 is 0 Å². The van der Waals surface area contributed by atoms with Crippen LogP contribution in [0.25, 0.3) is 22.6 Å². The van der Waals surface area contributed by atoms with Crippen molar-refractivity contribution in [2.45, 2.75) is 26.2 Å². The van der Waals surface area contributed by atoms with Gasteiger partial charge in [0.1, 0.15) is 11.5 Å². The molecule has 0 radical (unpaired) electrons. The summed E-state index contributed by atoms with van der Waals surface area (Å²) in [5, 5.41) is 9.15. The van der Waals surface area contributed by atoms with Crippen molar-refractivity contribution in [2.24, 2.45) is 0 Å². The van der Waals surface area contributed by atoms with E-state index in [2.05, 4.69) is 35.1 Å². The van der Waals surface area contributed by atoms with Crippen LogP contribution in [0.5, 0.6) is 5.75 Å². The normalized spacial score (nSPS) is 10.7. The molecule has 212 valence electrons. The number of oxazole rings is 1. The van der Waals surface area contributed by atoms with Crippen LogP contribution in [0.2, 0.25) is 0 Å². The average molecular weight is 562 g/mol. The number of benzene rings is 4. The van der Waals surface area contributed by atoms with E-state index in [1.54, 1.807) is 18.2 Å². The largest absolute Gasteiger partial charge is 0.493 e. The van der Waals surface area contributed by atoms with Gasteiger partial charge in [0.25, 0.3) is 5.91 Å². The number of ether oxygens (including phenoxy) is 1. The van der Waals surface area contributed by atoms with E-state index in [0.717, 1.165) is 33.8 Å². The lowest BCUT2D eigenvalue weighted by Gasteiger charge is -2.14. The topological polar surface area (TPSA) is 114 Å². The van der Waals surface area contributed by atoms with E-state index < -0.39 is 5.97 Å². The van der Waals surface area contributed by atoms with Crippen molar-refractivity contribution in [2.75, 3.05) is 12.0 Å². The Morgan fingerprint density at radius 2 is 1.55 bits per heavy atom. The maximum absolute atomic E-state index is 13.0. The van der Waals surface area contributed by atoms with Crippen LogP contribution in [0, 0.1) is 6.92 Å². The lowest BCUT2D eigenvalue weighted by molar-refractivity contribution is -0.136. The quantitative estimate of drug-likeness (QED) is 0.145. The van der Waals surface area contributed by atoms with Crippen LogP contribution in [0.3, 0.4) is 0 Å². The summed E-state index contributed by atoms with van der Waals surface area (Å²) in [6, 6.07) is 32.6. The molecule has 4 aromatic carbocycles. The van der Waals surface area contributed by atoms with Crippen molar-refractivity contribution >= 4 is 17.6 Å². The van der Waals surface area contributed by atoms with Gasteiger partial charge in [0.15, 0.2) is 0 Å². The summed E-state index contributed by atoms with van der Waals surface area (Å²) in [7, 11) is 0. The number of aliphatic carboxylic acids is 1. The van der Waals surface area contributed by atoms with Gasteiger partial charge in [-0.15, -0.1) is 0 Å². The Labute approximate surface area is 244 Å². The highest BCUT2D eigenvalue weighted by atomic mass is 16.5. The molecule has 8 nitrogen and oxygen atoms in total. The number of hydrogen-bond acceptors (Lipinski definition) is 6. The van der Waals surface area contributed by atoms with Crippen molar-refractivity contribution in [1.82, 2.24) is 10.4 Å². The number of aryl methyl sites for hydroxylation is 2. The number of nitrogens with one attached hydrogen (secondary N) is 2. The highest BCUT2D eigenvalue weighted by Gasteiger charge is 2.16. The molecule has 0 spiro atoms. The molecule has 0 atom stereocenters. The fourth-order valence-corrected chi connectivity index (χ4v) is 4.55. The first-order chi connectivity index (χ1) is 20.5. The molecule has 1 aromatic heterocycles. The second kappa shape index (κ2) is 13.3. The van der Waals surface area contributed by atoms with Crippen LogP contribution >= 0.6 is 0 Å². The predicted octanol–water partition coefficient (Wildman–Crippen LogP) is 6.71. The number of nitrogens with zero attached hydrogens (tertiary/aromatic N) is 1. The van der Waals surface area contributed by atoms with Crippen LogP contribution in [0.4, 0.5) is 5.69 Å². The first-order valence-corrected chi connectivity index (χ1v) is 13.7. The van der Waals surface area contributed by atoms with E-state index in [1.807, 2.05) is 67.6 Å². The minimum absolute atomic E-state index is 0.0887. The van der Waals surface area contributed by atoms with E-state index in [1.165, 1.54) is 0 Å². The summed E-state index contributed by atoms with van der Waals surface area (Å²) < 4.78 is 12.0. The number of para-hydroxylation sites is 1. The van der Waals surface area contributed by atoms with Crippen LogP contribution in [-0.4, -0.2) is 28.6 Å². The number of hydrogen-bond donors (Lipinski definition) is 3. The number of anilines is 1. The van der Waals surface area contributed by atoms with E-state index in [9.17, 15) is 9.59 Å². The Bertz CT molecular complexity index is 1670. The van der Waals surface area contributed by atoms with Gasteiger partial charge in [-0.05, 0) is 66.4 Å². The standard InChI is InChI=1S/C34H31N3O5/c1-23-31(35-34(42-23)27-12-8-11-26(21-27)24-9-4-2-5-10-24)19-20-41-29-17-15-25(16-18-32(38)39)30(22-29)33(40)37-36-28-13-6-3-7-14-28/h2-15,17,21-22,36H,16,18-20H2,1H3,(H,37,40)(H,38,39). The van der Waals surface area contributed by atoms with Gasteiger partial charge in [-0.2, -0.15) is 0 Å². The molecule has 0 aliphatic heterocycles. The summed E-state index contributed by atoms with van der Waals surface area (Å²) in [4.78, 5) is 28.9. The van der Waals surface area contributed by atoms with Gasteiger partial charge in [0, 0.05) is 24.0 Å².